The van der Waals surface area contributed by atoms with Crippen molar-refractivity contribution in [2.75, 3.05) is 119 Å². The molecule has 0 spiro atoms. The van der Waals surface area contributed by atoms with Crippen LogP contribution in [0, 0.1) is 0 Å². The van der Waals surface area contributed by atoms with Gasteiger partial charge in [-0.3, -0.25) is 0 Å². The Labute approximate surface area is 196 Å². The third kappa shape index (κ3) is 38.4. The maximum atomic E-state index is 9.25. The Bertz CT molecular complexity index is 358. The Morgan fingerprint density at radius 3 is 0.758 bits per heavy atom. The third-order valence-corrected chi connectivity index (χ3v) is 3.25. The molecule has 198 valence electrons. The van der Waals surface area contributed by atoms with E-state index in [2.05, 4.69) is 6.58 Å². The van der Waals surface area contributed by atoms with Gasteiger partial charge in [0.05, 0.1) is 119 Å². The second kappa shape index (κ2) is 33.0. The van der Waals surface area contributed by atoms with Gasteiger partial charge in [-0.05, 0) is 0 Å². The minimum Gasteiger partial charge on any atom is -0.478 e. The summed E-state index contributed by atoms with van der Waals surface area (Å²) in [6, 6.07) is 0. The lowest BCUT2D eigenvalue weighted by molar-refractivity contribution is -0.131. The molecular weight excluding hydrogens is 444 g/mol. The molecule has 0 aliphatic carbocycles. The van der Waals surface area contributed by atoms with Crippen LogP contribution in [0.3, 0.4) is 0 Å². The average molecular weight is 487 g/mol. The molecule has 0 aromatic rings. The van der Waals surface area contributed by atoms with Crippen molar-refractivity contribution < 1.29 is 58.0 Å². The predicted molar refractivity (Wildman–Crippen MR) is 119 cm³/mol. The molecule has 3 N–H and O–H groups in total. The molecule has 0 saturated heterocycles. The van der Waals surface area contributed by atoms with Gasteiger partial charge in [-0.15, -0.1) is 0 Å². The van der Waals surface area contributed by atoms with E-state index >= 15 is 0 Å². The van der Waals surface area contributed by atoms with Crippen molar-refractivity contribution in [3.8, 4) is 0 Å². The van der Waals surface area contributed by atoms with Crippen LogP contribution < -0.4 is 0 Å². The summed E-state index contributed by atoms with van der Waals surface area (Å²) in [6.45, 7) is 10.8. The van der Waals surface area contributed by atoms with E-state index in [-0.39, 0.29) is 13.2 Å². The molecule has 0 bridgehead atoms. The first-order chi connectivity index (χ1) is 16.2. The van der Waals surface area contributed by atoms with Gasteiger partial charge in [-0.25, -0.2) is 4.79 Å². The highest BCUT2D eigenvalue weighted by Crippen LogP contribution is 1.85. The van der Waals surface area contributed by atoms with Gasteiger partial charge in [0.15, 0.2) is 0 Å². The van der Waals surface area contributed by atoms with Crippen molar-refractivity contribution in [1.29, 1.82) is 0 Å². The lowest BCUT2D eigenvalue weighted by Gasteiger charge is -2.08. The van der Waals surface area contributed by atoms with E-state index in [0.29, 0.717) is 106 Å². The predicted octanol–water partition coefficient (Wildman–Crippen LogP) is -0.639. The molecule has 0 radical (unpaired) electrons. The number of carbonyl (C=O) groups is 1. The van der Waals surface area contributed by atoms with Crippen LogP contribution in [0.15, 0.2) is 12.7 Å². The Kier molecular flexibility index (Phi) is 34.0. The zero-order valence-electron chi connectivity index (χ0n) is 19.5. The maximum absolute atomic E-state index is 9.25. The number of carboxylic acid groups (broad SMARTS) is 1. The Morgan fingerprint density at radius 2 is 0.636 bits per heavy atom. The van der Waals surface area contributed by atoms with E-state index in [9.17, 15) is 4.79 Å². The lowest BCUT2D eigenvalue weighted by Crippen LogP contribution is -2.15. The maximum Gasteiger partial charge on any atom is 0.327 e. The molecule has 0 aromatic carbocycles. The largest absolute Gasteiger partial charge is 0.478 e. The van der Waals surface area contributed by atoms with Crippen molar-refractivity contribution in [3.63, 3.8) is 0 Å². The quantitative estimate of drug-likeness (QED) is 0.105. The van der Waals surface area contributed by atoms with Gasteiger partial charge in [0, 0.05) is 6.08 Å². The smallest absolute Gasteiger partial charge is 0.327 e. The molecule has 0 aliphatic rings. The number of ether oxygens (including phenoxy) is 8. The summed E-state index contributed by atoms with van der Waals surface area (Å²) >= 11 is 0. The van der Waals surface area contributed by atoms with Crippen LogP contribution in [0.1, 0.15) is 0 Å². The van der Waals surface area contributed by atoms with Crippen LogP contribution in [0.2, 0.25) is 0 Å². The summed E-state index contributed by atoms with van der Waals surface area (Å²) in [5, 5.41) is 24.6. The van der Waals surface area contributed by atoms with Gasteiger partial charge in [0.1, 0.15) is 0 Å². The van der Waals surface area contributed by atoms with Crippen molar-refractivity contribution >= 4 is 5.97 Å². The summed E-state index contributed by atoms with van der Waals surface area (Å²) in [4.78, 5) is 9.25. The van der Waals surface area contributed by atoms with E-state index in [0.717, 1.165) is 6.08 Å². The van der Waals surface area contributed by atoms with Crippen molar-refractivity contribution in [2.45, 2.75) is 0 Å². The highest BCUT2D eigenvalue weighted by molar-refractivity contribution is 5.78. The Hall–Kier alpha value is -1.19. The van der Waals surface area contributed by atoms with Crippen LogP contribution in [-0.4, -0.2) is 140 Å². The number of aliphatic hydroxyl groups excluding tert-OH is 2. The average Bonchev–Trinajstić information content (AvgIpc) is 2.82. The summed E-state index contributed by atoms with van der Waals surface area (Å²) in [5.41, 5.74) is 0. The molecule has 12 nitrogen and oxygen atoms in total. The number of aliphatic hydroxyl groups is 2. The molecule has 0 rings (SSSR count). The first-order valence-electron chi connectivity index (χ1n) is 10.9. The fraction of sp³-hybridized carbons (Fsp3) is 0.857. The van der Waals surface area contributed by atoms with Crippen LogP contribution in [0.4, 0.5) is 0 Å². The fourth-order valence-corrected chi connectivity index (χ4v) is 1.77. The monoisotopic (exact) mass is 486 g/mol. The molecule has 0 fully saturated rings. The van der Waals surface area contributed by atoms with Crippen molar-refractivity contribution in [1.82, 2.24) is 0 Å². The Morgan fingerprint density at radius 1 is 0.485 bits per heavy atom. The topological polar surface area (TPSA) is 152 Å². The molecule has 12 heteroatoms. The number of hydrogen-bond acceptors (Lipinski definition) is 11. The third-order valence-electron chi connectivity index (χ3n) is 3.25. The van der Waals surface area contributed by atoms with Crippen molar-refractivity contribution in [3.05, 3.63) is 12.7 Å². The minimum absolute atomic E-state index is 0.0294. The molecule has 0 aromatic heterocycles. The summed E-state index contributed by atoms with van der Waals surface area (Å²) in [7, 11) is 0. The van der Waals surface area contributed by atoms with Gasteiger partial charge < -0.3 is 53.2 Å². The normalized spacial score (nSPS) is 10.6. The number of aliphatic carboxylic acids is 1. The van der Waals surface area contributed by atoms with Gasteiger partial charge in [0.2, 0.25) is 0 Å². The highest BCUT2D eigenvalue weighted by atomic mass is 16.6. The Balaban J connectivity index is 0. The fourth-order valence-electron chi connectivity index (χ4n) is 1.77. The molecule has 0 atom stereocenters. The van der Waals surface area contributed by atoms with Crippen LogP contribution >= 0.6 is 0 Å². The first-order valence-corrected chi connectivity index (χ1v) is 10.9. The van der Waals surface area contributed by atoms with Gasteiger partial charge in [-0.2, -0.15) is 0 Å². The van der Waals surface area contributed by atoms with Gasteiger partial charge in [0.25, 0.3) is 0 Å². The number of rotatable bonds is 26. The molecule has 0 saturated carbocycles. The van der Waals surface area contributed by atoms with E-state index in [1.165, 1.54) is 0 Å². The van der Waals surface area contributed by atoms with E-state index < -0.39 is 5.97 Å². The van der Waals surface area contributed by atoms with Crippen LogP contribution in [0.5, 0.6) is 0 Å². The SMILES string of the molecule is C=CC(=O)O.OCCOCCOCCOCCOCCOCCOCCOCCOCCO. The number of carboxylic acids is 1. The summed E-state index contributed by atoms with van der Waals surface area (Å²) < 4.78 is 42.2. The van der Waals surface area contributed by atoms with Gasteiger partial charge >= 0.3 is 5.97 Å². The zero-order valence-corrected chi connectivity index (χ0v) is 19.5. The highest BCUT2D eigenvalue weighted by Gasteiger charge is 1.95. The van der Waals surface area contributed by atoms with E-state index in [4.69, 9.17) is 53.2 Å². The lowest BCUT2D eigenvalue weighted by atomic mass is 10.6. The first kappa shape index (κ1) is 34.0. The summed E-state index contributed by atoms with van der Waals surface area (Å²) in [6.07, 6.45) is 0.833. The molecule has 0 unspecified atom stereocenters. The van der Waals surface area contributed by atoms with Crippen LogP contribution in [0.25, 0.3) is 0 Å². The molecule has 0 heterocycles. The molecular formula is C21H42O12. The van der Waals surface area contributed by atoms with E-state index in [1.807, 2.05) is 0 Å². The molecule has 0 aliphatic heterocycles. The van der Waals surface area contributed by atoms with Gasteiger partial charge in [-0.1, -0.05) is 6.58 Å². The minimum atomic E-state index is -0.981. The van der Waals surface area contributed by atoms with Crippen LogP contribution in [-0.2, 0) is 42.7 Å². The zero-order chi connectivity index (χ0) is 24.7. The summed E-state index contributed by atoms with van der Waals surface area (Å²) in [5.74, 6) is -0.981. The van der Waals surface area contributed by atoms with Crippen molar-refractivity contribution in [2.24, 2.45) is 0 Å². The molecule has 33 heavy (non-hydrogen) atoms. The second-order valence-corrected chi connectivity index (χ2v) is 5.89. The molecule has 0 amide bonds. The standard InChI is InChI=1S/C18H38O10.C3H4O2/c19-1-3-21-5-7-23-9-11-25-13-15-27-17-18-28-16-14-26-12-10-24-8-6-22-4-2-20;1-2-3(4)5/h19-20H,1-18H2;2H,1H2,(H,4,5). The number of hydrogen-bond donors (Lipinski definition) is 3. The second-order valence-electron chi connectivity index (χ2n) is 5.89. The van der Waals surface area contributed by atoms with E-state index in [1.54, 1.807) is 0 Å².